The van der Waals surface area contributed by atoms with Crippen LogP contribution in [0.3, 0.4) is 0 Å². The Bertz CT molecular complexity index is 371. The van der Waals surface area contributed by atoms with Gasteiger partial charge in [-0.25, -0.2) is 0 Å². The van der Waals surface area contributed by atoms with E-state index in [-0.39, 0.29) is 45.5 Å². The summed E-state index contributed by atoms with van der Waals surface area (Å²) in [6.45, 7) is 0. The van der Waals surface area contributed by atoms with Crippen LogP contribution in [0.2, 0.25) is 0 Å². The molecule has 0 fully saturated rings. The third-order valence-corrected chi connectivity index (χ3v) is 2.01. The quantitative estimate of drug-likeness (QED) is 0.402. The first-order chi connectivity index (χ1) is 5.00. The Kier molecular flexibility index (Phi) is 4.50. The van der Waals surface area contributed by atoms with Crippen molar-refractivity contribution in [1.82, 2.24) is 0 Å². The van der Waals surface area contributed by atoms with Crippen molar-refractivity contribution in [2.75, 3.05) is 5.73 Å². The average molecular weight is 215 g/mol. The van der Waals surface area contributed by atoms with Crippen LogP contribution in [0, 0.1) is 0 Å². The molecular formula is C6H9CaNO3S. The fraction of sp³-hybridized carbons (Fsp3) is 0. The summed E-state index contributed by atoms with van der Waals surface area (Å²) >= 11 is 0. The van der Waals surface area contributed by atoms with Gasteiger partial charge in [-0.05, 0) is 18.2 Å². The number of benzene rings is 1. The molecule has 0 aliphatic carbocycles. The minimum atomic E-state index is -4.11. The Morgan fingerprint density at radius 1 is 1.42 bits per heavy atom. The number of rotatable bonds is 1. The molecule has 3 N–H and O–H groups in total. The van der Waals surface area contributed by atoms with Crippen molar-refractivity contribution >= 4 is 53.5 Å². The van der Waals surface area contributed by atoms with Crippen LogP contribution in [0.1, 0.15) is 2.85 Å². The molecule has 64 valence electrons. The second-order valence-corrected chi connectivity index (χ2v) is 3.47. The molecule has 0 saturated carbocycles. The molecule has 0 heterocycles. The van der Waals surface area contributed by atoms with Crippen LogP contribution in [0.4, 0.5) is 5.69 Å². The van der Waals surface area contributed by atoms with Crippen molar-refractivity contribution in [3.63, 3.8) is 0 Å². The van der Waals surface area contributed by atoms with Gasteiger partial charge in [-0.15, -0.1) is 0 Å². The average Bonchev–Trinajstić information content (AvgIpc) is 1.86. The number of nitrogen functional groups attached to an aromatic ring is 1. The molecule has 0 radical (unpaired) electrons. The van der Waals surface area contributed by atoms with Gasteiger partial charge in [0.1, 0.15) is 0 Å². The Morgan fingerprint density at radius 3 is 2.33 bits per heavy atom. The van der Waals surface area contributed by atoms with E-state index in [9.17, 15) is 8.42 Å². The van der Waals surface area contributed by atoms with Crippen LogP contribution >= 0.6 is 0 Å². The number of anilines is 1. The van der Waals surface area contributed by atoms with Gasteiger partial charge in [0, 0.05) is 5.69 Å². The van der Waals surface area contributed by atoms with E-state index in [0.717, 1.165) is 0 Å². The summed E-state index contributed by atoms with van der Waals surface area (Å²) in [5.74, 6) is 0. The maximum absolute atomic E-state index is 10.5. The zero-order valence-corrected chi connectivity index (χ0v) is 9.29. The Balaban J connectivity index is -0.000000403. The van der Waals surface area contributed by atoms with Crippen molar-refractivity contribution < 1.29 is 15.8 Å². The van der Waals surface area contributed by atoms with Crippen LogP contribution in [0.25, 0.3) is 0 Å². The van der Waals surface area contributed by atoms with Gasteiger partial charge in [-0.1, -0.05) is 6.07 Å². The molecule has 0 bridgehead atoms. The molecule has 0 saturated heterocycles. The van der Waals surface area contributed by atoms with Crippen LogP contribution in [0.5, 0.6) is 0 Å². The van der Waals surface area contributed by atoms with Crippen molar-refractivity contribution in [1.29, 1.82) is 0 Å². The summed E-state index contributed by atoms with van der Waals surface area (Å²) in [6, 6.07) is 5.45. The van der Waals surface area contributed by atoms with Gasteiger partial charge in [0.15, 0.2) is 0 Å². The molecule has 6 heteroatoms. The normalized spacial score (nSPS) is 10.4. The van der Waals surface area contributed by atoms with E-state index in [2.05, 4.69) is 0 Å². The van der Waals surface area contributed by atoms with E-state index in [1.54, 1.807) is 0 Å². The van der Waals surface area contributed by atoms with E-state index in [1.807, 2.05) is 0 Å². The van der Waals surface area contributed by atoms with Crippen LogP contribution in [-0.4, -0.2) is 50.7 Å². The third kappa shape index (κ3) is 3.28. The molecule has 0 aromatic heterocycles. The number of hydrogen-bond donors (Lipinski definition) is 2. The summed E-state index contributed by atoms with van der Waals surface area (Å²) < 4.78 is 29.5. The smallest absolute Gasteiger partial charge is 1.00 e. The molecule has 4 nitrogen and oxygen atoms in total. The number of hydrogen-bond acceptors (Lipinski definition) is 3. The number of nitrogens with two attached hydrogens (primary N) is 1. The van der Waals surface area contributed by atoms with Gasteiger partial charge in [0.05, 0.1) is 4.90 Å². The maximum Gasteiger partial charge on any atom is 2.00 e. The first-order valence-electron chi connectivity index (χ1n) is 2.83. The summed E-state index contributed by atoms with van der Waals surface area (Å²) in [5.41, 5.74) is 5.59. The maximum atomic E-state index is 10.5. The minimum Gasteiger partial charge on any atom is -1.00 e. The van der Waals surface area contributed by atoms with Gasteiger partial charge in [-0.2, -0.15) is 8.42 Å². The first-order valence-corrected chi connectivity index (χ1v) is 4.27. The SMILES string of the molecule is Nc1cccc(S(=O)(=O)O)c1.[Ca+2].[H-].[H-]. The van der Waals surface area contributed by atoms with E-state index in [1.165, 1.54) is 24.3 Å². The molecule has 0 aliphatic rings. The molecule has 0 amide bonds. The largest absolute Gasteiger partial charge is 2.00 e. The topological polar surface area (TPSA) is 80.4 Å². The second-order valence-electron chi connectivity index (χ2n) is 2.05. The zero-order chi connectivity index (χ0) is 8.48. The van der Waals surface area contributed by atoms with E-state index in [0.29, 0.717) is 5.69 Å². The van der Waals surface area contributed by atoms with Gasteiger partial charge in [-0.3, -0.25) is 4.55 Å². The van der Waals surface area contributed by atoms with Crippen molar-refractivity contribution in [3.05, 3.63) is 24.3 Å². The molecule has 0 unspecified atom stereocenters. The van der Waals surface area contributed by atoms with Crippen LogP contribution < -0.4 is 5.73 Å². The van der Waals surface area contributed by atoms with Gasteiger partial charge in [0.25, 0.3) is 10.1 Å². The van der Waals surface area contributed by atoms with Gasteiger partial charge >= 0.3 is 37.7 Å². The third-order valence-electron chi connectivity index (χ3n) is 1.16. The van der Waals surface area contributed by atoms with Crippen LogP contribution in [-0.2, 0) is 10.1 Å². The van der Waals surface area contributed by atoms with Gasteiger partial charge in [0.2, 0.25) is 0 Å². The molecular weight excluding hydrogens is 206 g/mol. The van der Waals surface area contributed by atoms with Crippen LogP contribution in [0.15, 0.2) is 29.2 Å². The molecule has 1 aromatic carbocycles. The Hall–Kier alpha value is 0.190. The zero-order valence-electron chi connectivity index (χ0n) is 8.27. The summed E-state index contributed by atoms with van der Waals surface area (Å²) in [7, 11) is -4.11. The summed E-state index contributed by atoms with van der Waals surface area (Å²) in [5, 5.41) is 0. The van der Waals surface area contributed by atoms with Crippen molar-refractivity contribution in [2.45, 2.75) is 4.90 Å². The van der Waals surface area contributed by atoms with E-state index in [4.69, 9.17) is 10.3 Å². The summed E-state index contributed by atoms with van der Waals surface area (Å²) in [4.78, 5) is -0.183. The fourth-order valence-corrected chi connectivity index (χ4v) is 1.21. The second kappa shape index (κ2) is 4.43. The Labute approximate surface area is 103 Å². The molecule has 0 atom stereocenters. The molecule has 0 aliphatic heterocycles. The predicted octanol–water partition coefficient (Wildman–Crippen LogP) is 0.360. The summed E-state index contributed by atoms with van der Waals surface area (Å²) in [6.07, 6.45) is 0. The monoisotopic (exact) mass is 215 g/mol. The van der Waals surface area contributed by atoms with E-state index < -0.39 is 10.1 Å². The molecule has 12 heavy (non-hydrogen) atoms. The predicted molar refractivity (Wildman–Crippen MR) is 48.6 cm³/mol. The Morgan fingerprint density at radius 2 is 2.00 bits per heavy atom. The molecule has 0 spiro atoms. The minimum absolute atomic E-state index is 0. The van der Waals surface area contributed by atoms with Crippen molar-refractivity contribution in [2.24, 2.45) is 0 Å². The molecule has 1 rings (SSSR count). The van der Waals surface area contributed by atoms with E-state index >= 15 is 0 Å². The first kappa shape index (κ1) is 12.2. The standard InChI is InChI=1S/C6H7NO3S.Ca.2H/c7-5-2-1-3-6(4-5)11(8,9)10;;;/h1-4H,7H2,(H,8,9,10);;;/q;+2;2*-1. The van der Waals surface area contributed by atoms with Crippen molar-refractivity contribution in [3.8, 4) is 0 Å². The molecule has 1 aromatic rings. The van der Waals surface area contributed by atoms with Gasteiger partial charge < -0.3 is 8.59 Å². The fourth-order valence-electron chi connectivity index (χ4n) is 0.675.